The summed E-state index contributed by atoms with van der Waals surface area (Å²) in [7, 11) is 1.74. The zero-order valence-corrected chi connectivity index (χ0v) is 27.9. The van der Waals surface area contributed by atoms with Gasteiger partial charge >= 0.3 is 24.4 Å². The quantitative estimate of drug-likeness (QED) is 0.225. The standard InChI is InChI=1S/C34H40F6N6O4/c1-4-26-13-28(14-27(5-2)46(26)32(49)50-29-8-6-21(7-9-29)30(47)48)45(31-41-15-22(16-42-31)23-17-43-44(3)19-23)18-20-10-24(33(35,36)37)12-25(11-20)34(38,39)40/h10-12,15-17,19,21,26-29H,4-9,13-14,18H2,1-3H3,(H,47,48)/t21?,26-,27+,28?,29?. The molecule has 1 saturated heterocycles. The van der Waals surface area contributed by atoms with E-state index in [0.29, 0.717) is 69.1 Å². The number of piperidine rings is 1. The molecule has 0 spiro atoms. The minimum Gasteiger partial charge on any atom is -0.481 e. The number of carboxylic acids is 1. The van der Waals surface area contributed by atoms with E-state index in [1.54, 1.807) is 33.9 Å². The van der Waals surface area contributed by atoms with Gasteiger partial charge in [0.25, 0.3) is 0 Å². The molecule has 2 fully saturated rings. The summed E-state index contributed by atoms with van der Waals surface area (Å²) in [4.78, 5) is 37.3. The van der Waals surface area contributed by atoms with Crippen LogP contribution in [0.5, 0.6) is 0 Å². The molecule has 272 valence electrons. The maximum atomic E-state index is 13.8. The number of hydrogen-bond acceptors (Lipinski definition) is 7. The molecule has 3 aromatic rings. The van der Waals surface area contributed by atoms with Gasteiger partial charge in [0.2, 0.25) is 5.95 Å². The van der Waals surface area contributed by atoms with E-state index < -0.39 is 53.6 Å². The van der Waals surface area contributed by atoms with Crippen molar-refractivity contribution in [3.05, 3.63) is 59.7 Å². The van der Waals surface area contributed by atoms with E-state index in [1.807, 2.05) is 13.8 Å². The second kappa shape index (κ2) is 14.9. The largest absolute Gasteiger partial charge is 0.481 e. The number of rotatable bonds is 9. The highest BCUT2D eigenvalue weighted by atomic mass is 19.4. The van der Waals surface area contributed by atoms with Crippen LogP contribution >= 0.6 is 0 Å². The molecule has 0 radical (unpaired) electrons. The lowest BCUT2D eigenvalue weighted by molar-refractivity contribution is -0.144. The number of amides is 1. The van der Waals surface area contributed by atoms with Crippen molar-refractivity contribution in [2.45, 2.75) is 108 Å². The summed E-state index contributed by atoms with van der Waals surface area (Å²) in [6.45, 7) is 3.43. The molecule has 50 heavy (non-hydrogen) atoms. The molecule has 3 heterocycles. The van der Waals surface area contributed by atoms with E-state index in [2.05, 4.69) is 15.1 Å². The van der Waals surface area contributed by atoms with E-state index in [1.165, 1.54) is 12.4 Å². The predicted molar refractivity (Wildman–Crippen MR) is 170 cm³/mol. The first-order chi connectivity index (χ1) is 23.6. The Balaban J connectivity index is 1.46. The van der Waals surface area contributed by atoms with Gasteiger partial charge in [0.05, 0.1) is 23.2 Å². The monoisotopic (exact) mass is 710 g/mol. The summed E-state index contributed by atoms with van der Waals surface area (Å²) in [6.07, 6.45) is -1.20. The van der Waals surface area contributed by atoms with Crippen LogP contribution in [0.3, 0.4) is 0 Å². The number of aliphatic carboxylic acids is 1. The molecule has 16 heteroatoms. The molecule has 1 aliphatic carbocycles. The van der Waals surface area contributed by atoms with E-state index >= 15 is 0 Å². The highest BCUT2D eigenvalue weighted by Crippen LogP contribution is 2.39. The van der Waals surface area contributed by atoms with Gasteiger partial charge in [0.15, 0.2) is 0 Å². The Morgan fingerprint density at radius 3 is 1.90 bits per heavy atom. The van der Waals surface area contributed by atoms with Gasteiger partial charge in [-0.1, -0.05) is 13.8 Å². The molecule has 2 aliphatic rings. The van der Waals surface area contributed by atoms with Gasteiger partial charge in [-0.3, -0.25) is 9.48 Å². The van der Waals surface area contributed by atoms with Crippen molar-refractivity contribution in [1.82, 2.24) is 24.6 Å². The van der Waals surface area contributed by atoms with E-state index in [9.17, 15) is 41.0 Å². The molecule has 1 unspecified atom stereocenters. The Kier molecular flexibility index (Phi) is 11.0. The summed E-state index contributed by atoms with van der Waals surface area (Å²) in [6, 6.07) is 0.328. The van der Waals surface area contributed by atoms with Gasteiger partial charge < -0.3 is 19.6 Å². The average Bonchev–Trinajstić information content (AvgIpc) is 3.52. The summed E-state index contributed by atoms with van der Waals surface area (Å²) in [5.74, 6) is -1.22. The lowest BCUT2D eigenvalue weighted by atomic mass is 9.87. The van der Waals surface area contributed by atoms with Crippen LogP contribution in [0.15, 0.2) is 43.0 Å². The smallest absolute Gasteiger partial charge is 0.416 e. The summed E-state index contributed by atoms with van der Waals surface area (Å²) in [5.41, 5.74) is -1.70. The number of aromatic nitrogens is 4. The third kappa shape index (κ3) is 8.49. The van der Waals surface area contributed by atoms with Crippen LogP contribution in [0, 0.1) is 5.92 Å². The number of carbonyl (C=O) groups excluding carboxylic acids is 1. The van der Waals surface area contributed by atoms with Crippen LogP contribution < -0.4 is 4.90 Å². The number of alkyl halides is 6. The van der Waals surface area contributed by atoms with Gasteiger partial charge in [-0.05, 0) is 75.1 Å². The van der Waals surface area contributed by atoms with Crippen molar-refractivity contribution >= 4 is 18.0 Å². The highest BCUT2D eigenvalue weighted by molar-refractivity contribution is 5.70. The molecular formula is C34H40F6N6O4. The van der Waals surface area contributed by atoms with E-state index in [-0.39, 0.29) is 36.2 Å². The normalized spacial score (nSPS) is 23.1. The van der Waals surface area contributed by atoms with Gasteiger partial charge in [-0.2, -0.15) is 31.4 Å². The van der Waals surface area contributed by atoms with Crippen molar-refractivity contribution in [3.63, 3.8) is 0 Å². The molecule has 1 aromatic carbocycles. The number of ether oxygens (including phenoxy) is 1. The fourth-order valence-corrected chi connectivity index (χ4v) is 7.02. The predicted octanol–water partition coefficient (Wildman–Crippen LogP) is 7.72. The molecule has 3 atom stereocenters. The lowest BCUT2D eigenvalue weighted by Gasteiger charge is -2.47. The lowest BCUT2D eigenvalue weighted by Crippen LogP contribution is -2.57. The fraction of sp³-hybridized carbons (Fsp3) is 0.559. The Labute approximate surface area is 285 Å². The molecule has 10 nitrogen and oxygen atoms in total. The van der Waals surface area contributed by atoms with E-state index in [4.69, 9.17) is 4.74 Å². The Morgan fingerprint density at radius 2 is 1.44 bits per heavy atom. The number of carboxylic acid groups (broad SMARTS) is 1. The van der Waals surface area contributed by atoms with Gasteiger partial charge in [-0.15, -0.1) is 0 Å². The molecule has 5 rings (SSSR count). The third-order valence-corrected chi connectivity index (χ3v) is 9.69. The van der Waals surface area contributed by atoms with Crippen LogP contribution in [-0.2, 0) is 35.5 Å². The zero-order valence-electron chi connectivity index (χ0n) is 27.9. The number of aryl methyl sites for hydroxylation is 1. The SMILES string of the molecule is CC[C@@H]1CC(N(Cc2cc(C(F)(F)F)cc(C(F)(F)F)c2)c2ncc(-c3cnn(C)c3)cn2)C[C@H](CC)N1C(=O)OC1CCC(C(=O)O)CC1. The number of likely N-dealkylation sites (tertiary alicyclic amines) is 1. The van der Waals surface area contributed by atoms with Crippen molar-refractivity contribution in [2.75, 3.05) is 4.90 Å². The van der Waals surface area contributed by atoms with Crippen molar-refractivity contribution < 1.29 is 45.8 Å². The van der Waals surface area contributed by atoms with Gasteiger partial charge in [0.1, 0.15) is 6.10 Å². The van der Waals surface area contributed by atoms with E-state index in [0.717, 1.165) is 5.56 Å². The minimum atomic E-state index is -5.01. The summed E-state index contributed by atoms with van der Waals surface area (Å²) in [5, 5.41) is 13.5. The minimum absolute atomic E-state index is 0.103. The van der Waals surface area contributed by atoms with Crippen LogP contribution in [0.1, 0.15) is 81.9 Å². The van der Waals surface area contributed by atoms with Crippen molar-refractivity contribution in [2.24, 2.45) is 13.0 Å². The van der Waals surface area contributed by atoms with Crippen LogP contribution in [-0.4, -0.2) is 66.0 Å². The first kappa shape index (κ1) is 36.9. The molecule has 1 N–H and O–H groups in total. The van der Waals surface area contributed by atoms with Crippen LogP contribution in [0.25, 0.3) is 11.1 Å². The number of hydrogen-bond donors (Lipinski definition) is 1. The fourth-order valence-electron chi connectivity index (χ4n) is 7.02. The van der Waals surface area contributed by atoms with Crippen molar-refractivity contribution in [3.8, 4) is 11.1 Å². The number of anilines is 1. The van der Waals surface area contributed by atoms with Crippen LogP contribution in [0.4, 0.5) is 37.1 Å². The molecule has 2 aromatic heterocycles. The first-order valence-electron chi connectivity index (χ1n) is 16.6. The first-order valence-corrected chi connectivity index (χ1v) is 16.6. The van der Waals surface area contributed by atoms with Crippen LogP contribution in [0.2, 0.25) is 0 Å². The topological polar surface area (TPSA) is 114 Å². The number of halogens is 6. The highest BCUT2D eigenvalue weighted by Gasteiger charge is 2.42. The van der Waals surface area contributed by atoms with Crippen molar-refractivity contribution in [1.29, 1.82) is 0 Å². The number of benzene rings is 1. The second-order valence-corrected chi connectivity index (χ2v) is 13.1. The Bertz CT molecular complexity index is 1590. The Hall–Kier alpha value is -4.37. The van der Waals surface area contributed by atoms with Gasteiger partial charge in [-0.25, -0.2) is 14.8 Å². The third-order valence-electron chi connectivity index (χ3n) is 9.69. The molecule has 1 saturated carbocycles. The Morgan fingerprint density at radius 1 is 0.880 bits per heavy atom. The molecule has 1 amide bonds. The molecule has 0 bridgehead atoms. The maximum absolute atomic E-state index is 13.8. The summed E-state index contributed by atoms with van der Waals surface area (Å²) >= 11 is 0. The summed E-state index contributed by atoms with van der Waals surface area (Å²) < 4.78 is 90.3. The second-order valence-electron chi connectivity index (χ2n) is 13.1. The zero-order chi connectivity index (χ0) is 36.4. The van der Waals surface area contributed by atoms with Gasteiger partial charge in [0, 0.05) is 61.4 Å². The average molecular weight is 711 g/mol. The molecular weight excluding hydrogens is 670 g/mol. The number of carbonyl (C=O) groups is 2. The number of nitrogens with zero attached hydrogens (tertiary/aromatic N) is 6. The molecule has 1 aliphatic heterocycles. The maximum Gasteiger partial charge on any atom is 0.416 e.